The summed E-state index contributed by atoms with van der Waals surface area (Å²) < 4.78 is 5.77. The number of likely N-dealkylation sites (tertiary alicyclic amines) is 1. The molecule has 0 saturated carbocycles. The first-order chi connectivity index (χ1) is 13.6. The van der Waals surface area contributed by atoms with Crippen molar-refractivity contribution >= 4 is 17.5 Å². The molecule has 0 bridgehead atoms. The summed E-state index contributed by atoms with van der Waals surface area (Å²) in [5.74, 6) is 1.21. The maximum Gasteiger partial charge on any atom is 0.265 e. The number of nitrogens with zero attached hydrogens (tertiary/aromatic N) is 1. The van der Waals surface area contributed by atoms with Gasteiger partial charge >= 0.3 is 0 Å². The quantitative estimate of drug-likeness (QED) is 0.810. The lowest BCUT2D eigenvalue weighted by atomic mass is 9.98. The lowest BCUT2D eigenvalue weighted by molar-refractivity contribution is -0.122. The number of piperidine rings is 1. The van der Waals surface area contributed by atoms with E-state index in [2.05, 4.69) is 12.2 Å². The van der Waals surface area contributed by atoms with Gasteiger partial charge in [-0.05, 0) is 61.6 Å². The lowest BCUT2D eigenvalue weighted by Gasteiger charge is -2.30. The standard InChI is InChI=1S/C23H28N2O3/c1-3-21(28-20-7-5-4-6-8-20)22(26)24-19-11-9-18(10-12-19)23(27)25-15-13-17(2)14-16-25/h4-12,17,21H,3,13-16H2,1-2H3,(H,24,26). The Hall–Kier alpha value is -2.82. The Labute approximate surface area is 166 Å². The minimum absolute atomic E-state index is 0.0589. The Morgan fingerprint density at radius 1 is 1.07 bits per heavy atom. The van der Waals surface area contributed by atoms with Crippen LogP contribution in [-0.2, 0) is 4.79 Å². The van der Waals surface area contributed by atoms with E-state index in [1.807, 2.05) is 42.2 Å². The molecule has 0 aromatic heterocycles. The third-order valence-electron chi connectivity index (χ3n) is 5.16. The predicted octanol–water partition coefficient (Wildman–Crippen LogP) is 4.35. The summed E-state index contributed by atoms with van der Waals surface area (Å²) in [6, 6.07) is 16.4. The molecule has 2 aromatic carbocycles. The number of ether oxygens (including phenoxy) is 1. The maximum absolute atomic E-state index is 12.6. The molecule has 2 aromatic rings. The Balaban J connectivity index is 1.58. The van der Waals surface area contributed by atoms with E-state index in [-0.39, 0.29) is 11.8 Å². The molecule has 5 nitrogen and oxygen atoms in total. The Bertz CT molecular complexity index is 781. The topological polar surface area (TPSA) is 58.6 Å². The molecule has 0 aliphatic carbocycles. The van der Waals surface area contributed by atoms with Crippen molar-refractivity contribution in [2.24, 2.45) is 5.92 Å². The van der Waals surface area contributed by atoms with Crippen LogP contribution in [0.15, 0.2) is 54.6 Å². The normalized spacial score (nSPS) is 15.7. The molecule has 1 atom stereocenters. The second-order valence-electron chi connectivity index (χ2n) is 7.37. The minimum Gasteiger partial charge on any atom is -0.481 e. The number of hydrogen-bond donors (Lipinski definition) is 1. The van der Waals surface area contributed by atoms with Gasteiger partial charge in [-0.2, -0.15) is 0 Å². The number of anilines is 1. The summed E-state index contributed by atoms with van der Waals surface area (Å²) in [6.07, 6.45) is 2.10. The average Bonchev–Trinajstić information content (AvgIpc) is 2.73. The average molecular weight is 380 g/mol. The molecule has 28 heavy (non-hydrogen) atoms. The van der Waals surface area contributed by atoms with Crippen molar-refractivity contribution in [3.8, 4) is 5.75 Å². The second kappa shape index (κ2) is 9.40. The number of benzene rings is 2. The summed E-state index contributed by atoms with van der Waals surface area (Å²) in [5.41, 5.74) is 1.31. The first kappa shape index (κ1) is 19.9. The highest BCUT2D eigenvalue weighted by atomic mass is 16.5. The fraction of sp³-hybridized carbons (Fsp3) is 0.391. The van der Waals surface area contributed by atoms with Crippen molar-refractivity contribution in [1.29, 1.82) is 0 Å². The van der Waals surface area contributed by atoms with Gasteiger partial charge in [0.1, 0.15) is 5.75 Å². The van der Waals surface area contributed by atoms with Crippen LogP contribution in [0.5, 0.6) is 5.75 Å². The summed E-state index contributed by atoms with van der Waals surface area (Å²) in [5, 5.41) is 2.88. The van der Waals surface area contributed by atoms with Gasteiger partial charge in [0.2, 0.25) is 0 Å². The van der Waals surface area contributed by atoms with Gasteiger partial charge in [-0.1, -0.05) is 32.0 Å². The van der Waals surface area contributed by atoms with Crippen LogP contribution in [0.2, 0.25) is 0 Å². The highest BCUT2D eigenvalue weighted by molar-refractivity contribution is 5.97. The van der Waals surface area contributed by atoms with Gasteiger partial charge in [-0.3, -0.25) is 9.59 Å². The molecule has 0 radical (unpaired) electrons. The zero-order valence-corrected chi connectivity index (χ0v) is 16.6. The van der Waals surface area contributed by atoms with Crippen molar-refractivity contribution in [2.45, 2.75) is 39.2 Å². The van der Waals surface area contributed by atoms with Crippen LogP contribution in [0.25, 0.3) is 0 Å². The van der Waals surface area contributed by atoms with Crippen molar-refractivity contribution < 1.29 is 14.3 Å². The molecule has 1 heterocycles. The number of carbonyl (C=O) groups excluding carboxylic acids is 2. The Morgan fingerprint density at radius 2 is 1.71 bits per heavy atom. The zero-order chi connectivity index (χ0) is 19.9. The van der Waals surface area contributed by atoms with Gasteiger partial charge in [0.25, 0.3) is 11.8 Å². The summed E-state index contributed by atoms with van der Waals surface area (Å²) in [4.78, 5) is 27.1. The van der Waals surface area contributed by atoms with Crippen molar-refractivity contribution in [2.75, 3.05) is 18.4 Å². The molecule has 1 unspecified atom stereocenters. The third kappa shape index (κ3) is 5.12. The fourth-order valence-electron chi connectivity index (χ4n) is 3.30. The van der Waals surface area contributed by atoms with Crippen LogP contribution in [0.3, 0.4) is 0 Å². The number of carbonyl (C=O) groups is 2. The van der Waals surface area contributed by atoms with E-state index in [1.54, 1.807) is 24.3 Å². The van der Waals surface area contributed by atoms with Crippen LogP contribution in [-0.4, -0.2) is 35.9 Å². The highest BCUT2D eigenvalue weighted by Crippen LogP contribution is 2.20. The Kier molecular flexibility index (Phi) is 6.69. The maximum atomic E-state index is 12.6. The van der Waals surface area contributed by atoms with Gasteiger partial charge in [0.05, 0.1) is 0 Å². The van der Waals surface area contributed by atoms with E-state index in [0.29, 0.717) is 29.3 Å². The minimum atomic E-state index is -0.570. The molecule has 0 spiro atoms. The Morgan fingerprint density at radius 3 is 2.32 bits per heavy atom. The van der Waals surface area contributed by atoms with Crippen LogP contribution in [0.4, 0.5) is 5.69 Å². The molecular weight excluding hydrogens is 352 g/mol. The van der Waals surface area contributed by atoms with Crippen molar-refractivity contribution in [1.82, 2.24) is 4.90 Å². The number of para-hydroxylation sites is 1. The molecule has 1 N–H and O–H groups in total. The summed E-state index contributed by atoms with van der Waals surface area (Å²) >= 11 is 0. The largest absolute Gasteiger partial charge is 0.481 e. The van der Waals surface area contributed by atoms with Gasteiger partial charge < -0.3 is 15.0 Å². The highest BCUT2D eigenvalue weighted by Gasteiger charge is 2.22. The molecule has 5 heteroatoms. The van der Waals surface area contributed by atoms with Gasteiger partial charge in [0, 0.05) is 24.3 Å². The molecule has 148 valence electrons. The van der Waals surface area contributed by atoms with Gasteiger partial charge in [0.15, 0.2) is 6.10 Å². The van der Waals surface area contributed by atoms with Crippen molar-refractivity contribution in [3.05, 3.63) is 60.2 Å². The zero-order valence-electron chi connectivity index (χ0n) is 16.6. The fourth-order valence-corrected chi connectivity index (χ4v) is 3.30. The number of nitrogens with one attached hydrogen (secondary N) is 1. The van der Waals surface area contributed by atoms with E-state index in [9.17, 15) is 9.59 Å². The smallest absolute Gasteiger partial charge is 0.265 e. The van der Waals surface area contributed by atoms with E-state index in [4.69, 9.17) is 4.74 Å². The van der Waals surface area contributed by atoms with Gasteiger partial charge in [-0.25, -0.2) is 0 Å². The molecule has 1 aliphatic heterocycles. The van der Waals surface area contributed by atoms with Crippen LogP contribution >= 0.6 is 0 Å². The second-order valence-corrected chi connectivity index (χ2v) is 7.37. The summed E-state index contributed by atoms with van der Waals surface area (Å²) in [6.45, 7) is 5.76. The third-order valence-corrected chi connectivity index (χ3v) is 5.16. The number of amides is 2. The van der Waals surface area contributed by atoms with Crippen molar-refractivity contribution in [3.63, 3.8) is 0 Å². The number of hydrogen-bond acceptors (Lipinski definition) is 3. The molecule has 1 saturated heterocycles. The van der Waals surface area contributed by atoms with E-state index in [1.165, 1.54) is 0 Å². The lowest BCUT2D eigenvalue weighted by Crippen LogP contribution is -2.37. The molecule has 1 fully saturated rings. The van der Waals surface area contributed by atoms with Crippen LogP contribution < -0.4 is 10.1 Å². The molecular formula is C23H28N2O3. The molecule has 1 aliphatic rings. The SMILES string of the molecule is CCC(Oc1ccccc1)C(=O)Nc1ccc(C(=O)N2CCC(C)CC2)cc1. The first-order valence-corrected chi connectivity index (χ1v) is 9.98. The van der Waals surface area contributed by atoms with Crippen LogP contribution in [0, 0.1) is 5.92 Å². The monoisotopic (exact) mass is 380 g/mol. The van der Waals surface area contributed by atoms with E-state index >= 15 is 0 Å². The van der Waals surface area contributed by atoms with Crippen LogP contribution in [0.1, 0.15) is 43.5 Å². The first-order valence-electron chi connectivity index (χ1n) is 9.98. The van der Waals surface area contributed by atoms with E-state index in [0.717, 1.165) is 25.9 Å². The summed E-state index contributed by atoms with van der Waals surface area (Å²) in [7, 11) is 0. The number of rotatable bonds is 6. The predicted molar refractivity (Wildman–Crippen MR) is 111 cm³/mol. The molecule has 3 rings (SSSR count). The molecule has 2 amide bonds. The van der Waals surface area contributed by atoms with Gasteiger partial charge in [-0.15, -0.1) is 0 Å². The van der Waals surface area contributed by atoms with E-state index < -0.39 is 6.10 Å².